The summed E-state index contributed by atoms with van der Waals surface area (Å²) >= 11 is 0.964. The molecule has 8 heteroatoms. The molecule has 0 saturated carbocycles. The third kappa shape index (κ3) is 4.63. The summed E-state index contributed by atoms with van der Waals surface area (Å²) in [6.45, 7) is 3.48. The minimum atomic E-state index is -0.678. The molecule has 32 heavy (non-hydrogen) atoms. The number of nitriles is 1. The number of nitrogens with one attached hydrogen (secondary N) is 1. The van der Waals surface area contributed by atoms with E-state index in [-0.39, 0.29) is 38.7 Å². The van der Waals surface area contributed by atoms with Gasteiger partial charge in [-0.25, -0.2) is 4.79 Å². The third-order valence-corrected chi connectivity index (χ3v) is 5.79. The van der Waals surface area contributed by atoms with Crippen LogP contribution in [0.15, 0.2) is 54.6 Å². The van der Waals surface area contributed by atoms with E-state index in [4.69, 9.17) is 4.74 Å². The van der Waals surface area contributed by atoms with Gasteiger partial charge in [0.05, 0.1) is 12.2 Å². The summed E-state index contributed by atoms with van der Waals surface area (Å²) in [6.07, 6.45) is 0. The van der Waals surface area contributed by atoms with E-state index in [0.717, 1.165) is 11.3 Å². The number of carbonyl (C=O) groups excluding carboxylic acids is 4. The Morgan fingerprint density at radius 3 is 2.06 bits per heavy atom. The van der Waals surface area contributed by atoms with Crippen LogP contribution in [0.4, 0.5) is 5.00 Å². The van der Waals surface area contributed by atoms with Gasteiger partial charge in [-0.3, -0.25) is 14.4 Å². The minimum Gasteiger partial charge on any atom is -0.462 e. The SMILES string of the molecule is CCOC(=O)c1sc(NC(=O)c2ccc(C(=O)C(=O)c3ccccc3)cc2)c(C#N)c1C. The predicted octanol–water partition coefficient (Wildman–Crippen LogP) is 4.42. The molecule has 160 valence electrons. The van der Waals surface area contributed by atoms with Crippen LogP contribution in [0.25, 0.3) is 0 Å². The Hall–Kier alpha value is -4.09. The van der Waals surface area contributed by atoms with Gasteiger partial charge in [-0.05, 0) is 31.5 Å². The summed E-state index contributed by atoms with van der Waals surface area (Å²) in [5.74, 6) is -2.39. The molecule has 0 atom stereocenters. The molecule has 2 aromatic carbocycles. The summed E-state index contributed by atoms with van der Waals surface area (Å²) in [5, 5.41) is 12.3. The van der Waals surface area contributed by atoms with Gasteiger partial charge >= 0.3 is 5.97 Å². The number of anilines is 1. The fourth-order valence-electron chi connectivity index (χ4n) is 2.93. The Morgan fingerprint density at radius 2 is 1.50 bits per heavy atom. The fraction of sp³-hybridized carbons (Fsp3) is 0.125. The highest BCUT2D eigenvalue weighted by Gasteiger charge is 2.23. The van der Waals surface area contributed by atoms with Crippen molar-refractivity contribution in [1.82, 2.24) is 0 Å². The fourth-order valence-corrected chi connectivity index (χ4v) is 3.97. The van der Waals surface area contributed by atoms with Crippen molar-refractivity contribution < 1.29 is 23.9 Å². The van der Waals surface area contributed by atoms with Gasteiger partial charge in [0.25, 0.3) is 5.91 Å². The number of hydrogen-bond donors (Lipinski definition) is 1. The van der Waals surface area contributed by atoms with Crippen molar-refractivity contribution in [2.45, 2.75) is 13.8 Å². The average molecular weight is 446 g/mol. The van der Waals surface area contributed by atoms with Gasteiger partial charge in [0.1, 0.15) is 15.9 Å². The van der Waals surface area contributed by atoms with Crippen molar-refractivity contribution in [1.29, 1.82) is 5.26 Å². The first-order valence-corrected chi connectivity index (χ1v) is 10.4. The van der Waals surface area contributed by atoms with E-state index in [1.54, 1.807) is 44.2 Å². The molecule has 3 rings (SSSR count). The number of Topliss-reactive ketones (excluding diaryl/α,β-unsaturated/α-hetero) is 2. The normalized spacial score (nSPS) is 10.2. The number of ketones is 2. The molecule has 0 aliphatic rings. The maximum atomic E-state index is 12.7. The molecular formula is C24H18N2O5S. The van der Waals surface area contributed by atoms with Gasteiger partial charge in [-0.2, -0.15) is 5.26 Å². The van der Waals surface area contributed by atoms with E-state index in [1.807, 2.05) is 6.07 Å². The van der Waals surface area contributed by atoms with Crippen molar-refractivity contribution in [3.8, 4) is 6.07 Å². The lowest BCUT2D eigenvalue weighted by molar-refractivity contribution is 0.0531. The minimum absolute atomic E-state index is 0.157. The van der Waals surface area contributed by atoms with Gasteiger partial charge < -0.3 is 10.1 Å². The summed E-state index contributed by atoms with van der Waals surface area (Å²) in [6, 6.07) is 15.8. The molecule has 0 radical (unpaired) electrons. The van der Waals surface area contributed by atoms with Crippen LogP contribution in [0.1, 0.15) is 58.8 Å². The number of amides is 1. The van der Waals surface area contributed by atoms with Crippen LogP contribution in [-0.2, 0) is 4.74 Å². The largest absolute Gasteiger partial charge is 0.462 e. The molecule has 7 nitrogen and oxygen atoms in total. The highest BCUT2D eigenvalue weighted by Crippen LogP contribution is 2.33. The van der Waals surface area contributed by atoms with E-state index in [0.29, 0.717) is 5.56 Å². The molecule has 0 unspecified atom stereocenters. The Kier molecular flexibility index (Phi) is 6.93. The first-order valence-electron chi connectivity index (χ1n) is 9.63. The molecule has 0 fully saturated rings. The van der Waals surface area contributed by atoms with Crippen molar-refractivity contribution in [2.75, 3.05) is 11.9 Å². The second-order valence-electron chi connectivity index (χ2n) is 6.65. The number of rotatable bonds is 7. The Bertz CT molecular complexity index is 1240. The Balaban J connectivity index is 1.78. The second kappa shape index (κ2) is 9.81. The molecule has 1 N–H and O–H groups in total. The van der Waals surface area contributed by atoms with Gasteiger partial charge in [0, 0.05) is 16.7 Å². The summed E-state index contributed by atoms with van der Waals surface area (Å²) in [5.41, 5.74) is 1.29. The standard InChI is InChI=1S/C24H18N2O5S/c1-3-31-24(30)21-14(2)18(13-25)23(32-21)26-22(29)17-11-9-16(10-12-17)20(28)19(27)15-7-5-4-6-8-15/h4-12H,3H2,1-2H3,(H,26,29). The maximum Gasteiger partial charge on any atom is 0.348 e. The van der Waals surface area contributed by atoms with Crippen molar-refractivity contribution in [3.63, 3.8) is 0 Å². The first kappa shape index (κ1) is 22.6. The van der Waals surface area contributed by atoms with Crippen molar-refractivity contribution >= 4 is 39.8 Å². The van der Waals surface area contributed by atoms with Gasteiger partial charge in [0.2, 0.25) is 11.6 Å². The topological polar surface area (TPSA) is 113 Å². The highest BCUT2D eigenvalue weighted by atomic mass is 32.1. The van der Waals surface area contributed by atoms with E-state index < -0.39 is 23.4 Å². The zero-order valence-electron chi connectivity index (χ0n) is 17.3. The molecule has 0 aliphatic heterocycles. The van der Waals surface area contributed by atoms with Crippen LogP contribution >= 0.6 is 11.3 Å². The maximum absolute atomic E-state index is 12.7. The number of carbonyl (C=O) groups is 4. The highest BCUT2D eigenvalue weighted by molar-refractivity contribution is 7.18. The molecule has 1 aromatic heterocycles. The van der Waals surface area contributed by atoms with Gasteiger partial charge in [0.15, 0.2) is 0 Å². The van der Waals surface area contributed by atoms with Crippen molar-refractivity contribution in [2.24, 2.45) is 0 Å². The molecule has 0 saturated heterocycles. The van der Waals surface area contributed by atoms with E-state index in [1.165, 1.54) is 24.3 Å². The lowest BCUT2D eigenvalue weighted by Crippen LogP contribution is -2.15. The number of thiophene rings is 1. The lowest BCUT2D eigenvalue weighted by Gasteiger charge is -2.05. The molecule has 0 spiro atoms. The van der Waals surface area contributed by atoms with E-state index in [9.17, 15) is 24.4 Å². The molecule has 1 heterocycles. The quantitative estimate of drug-likeness (QED) is 0.326. The third-order valence-electron chi connectivity index (χ3n) is 4.60. The van der Waals surface area contributed by atoms with Gasteiger partial charge in [-0.15, -0.1) is 11.3 Å². The van der Waals surface area contributed by atoms with Crippen LogP contribution in [0.2, 0.25) is 0 Å². The molecular weight excluding hydrogens is 428 g/mol. The zero-order valence-corrected chi connectivity index (χ0v) is 18.1. The summed E-state index contributed by atoms with van der Waals surface area (Å²) in [7, 11) is 0. The van der Waals surface area contributed by atoms with Crippen LogP contribution < -0.4 is 5.32 Å². The molecule has 0 bridgehead atoms. The molecule has 1 amide bonds. The summed E-state index contributed by atoms with van der Waals surface area (Å²) in [4.78, 5) is 49.7. The van der Waals surface area contributed by atoms with Crippen LogP contribution in [0, 0.1) is 18.3 Å². The van der Waals surface area contributed by atoms with Crippen LogP contribution in [-0.4, -0.2) is 30.0 Å². The zero-order chi connectivity index (χ0) is 23.3. The molecule has 3 aromatic rings. The van der Waals surface area contributed by atoms with Crippen LogP contribution in [0.3, 0.4) is 0 Å². The smallest absolute Gasteiger partial charge is 0.348 e. The average Bonchev–Trinajstić information content (AvgIpc) is 3.13. The number of esters is 1. The monoisotopic (exact) mass is 446 g/mol. The Morgan fingerprint density at radius 1 is 0.938 bits per heavy atom. The van der Waals surface area contributed by atoms with Gasteiger partial charge in [-0.1, -0.05) is 42.5 Å². The number of ether oxygens (including phenoxy) is 1. The number of benzene rings is 2. The number of hydrogen-bond acceptors (Lipinski definition) is 7. The molecule has 0 aliphatic carbocycles. The first-order chi connectivity index (χ1) is 15.4. The lowest BCUT2D eigenvalue weighted by atomic mass is 10.0. The van der Waals surface area contributed by atoms with E-state index >= 15 is 0 Å². The van der Waals surface area contributed by atoms with E-state index in [2.05, 4.69) is 5.32 Å². The van der Waals surface area contributed by atoms with Crippen LogP contribution in [0.5, 0.6) is 0 Å². The van der Waals surface area contributed by atoms with Crippen molar-refractivity contribution in [3.05, 3.63) is 87.3 Å². The predicted molar refractivity (Wildman–Crippen MR) is 119 cm³/mol. The number of nitrogens with zero attached hydrogens (tertiary/aromatic N) is 1. The summed E-state index contributed by atoms with van der Waals surface area (Å²) < 4.78 is 4.99. The second-order valence-corrected chi connectivity index (χ2v) is 7.67. The Labute approximate surface area is 188 Å².